The molecule has 0 atom stereocenters. The number of hydrogen-bond donors (Lipinski definition) is 3. The van der Waals surface area contributed by atoms with Crippen molar-refractivity contribution in [3.8, 4) is 0 Å². The molecule has 0 fully saturated rings. The fourth-order valence-corrected chi connectivity index (χ4v) is 2.06. The van der Waals surface area contributed by atoms with Gasteiger partial charge in [-0.2, -0.15) is 0 Å². The third kappa shape index (κ3) is 4.91. The Bertz CT molecular complexity index is 383. The molecular weight excluding hydrogens is 254 g/mol. The van der Waals surface area contributed by atoms with Crippen molar-refractivity contribution < 1.29 is 13.2 Å². The molecule has 0 aromatic heterocycles. The number of carbonyl (C=O) groups is 1. The molecule has 18 heavy (non-hydrogen) atoms. The predicted molar refractivity (Wildman–Crippen MR) is 72.5 cm³/mol. The Balaban J connectivity index is 4.38. The van der Waals surface area contributed by atoms with E-state index < -0.39 is 21.0 Å². The molecule has 0 unspecified atom stereocenters. The summed E-state index contributed by atoms with van der Waals surface area (Å²) >= 11 is 0. The van der Waals surface area contributed by atoms with E-state index in [1.165, 1.54) is 0 Å². The number of carbonyl (C=O) groups excluding carboxylic acids is 1. The Hall–Kier alpha value is -0.660. The van der Waals surface area contributed by atoms with E-state index in [0.29, 0.717) is 6.54 Å². The van der Waals surface area contributed by atoms with Gasteiger partial charge in [-0.3, -0.25) is 4.79 Å². The summed E-state index contributed by atoms with van der Waals surface area (Å²) in [5.74, 6) is -0.380. The lowest BCUT2D eigenvalue weighted by Crippen LogP contribution is -2.56. The van der Waals surface area contributed by atoms with Gasteiger partial charge >= 0.3 is 0 Å². The van der Waals surface area contributed by atoms with Crippen LogP contribution >= 0.6 is 0 Å². The lowest BCUT2D eigenvalue weighted by molar-refractivity contribution is -0.132. The van der Waals surface area contributed by atoms with Crippen molar-refractivity contribution >= 4 is 15.9 Å². The molecule has 0 rings (SSSR count). The molecule has 0 heterocycles. The molecule has 0 saturated carbocycles. The maximum atomic E-state index is 11.9. The summed E-state index contributed by atoms with van der Waals surface area (Å²) in [6.45, 7) is 9.13. The fourth-order valence-electron chi connectivity index (χ4n) is 1.10. The molecule has 108 valence electrons. The Morgan fingerprint density at radius 2 is 1.72 bits per heavy atom. The molecule has 0 aromatic carbocycles. The maximum Gasteiger partial charge on any atom is 0.227 e. The van der Waals surface area contributed by atoms with Gasteiger partial charge in [0.1, 0.15) is 0 Å². The van der Waals surface area contributed by atoms with E-state index >= 15 is 0 Å². The van der Waals surface area contributed by atoms with E-state index in [4.69, 9.17) is 5.73 Å². The van der Waals surface area contributed by atoms with Gasteiger partial charge in [-0.1, -0.05) is 6.92 Å². The number of amides is 1. The SMILES string of the molecule is CCNS(=O)(=O)CCNC(=O)C(C)(C)C(C)(C)N. The summed E-state index contributed by atoms with van der Waals surface area (Å²) in [5, 5.41) is 2.61. The molecule has 0 aliphatic heterocycles. The number of nitrogens with two attached hydrogens (primary N) is 1. The van der Waals surface area contributed by atoms with Crippen molar-refractivity contribution in [3.05, 3.63) is 0 Å². The summed E-state index contributed by atoms with van der Waals surface area (Å²) < 4.78 is 25.1. The average Bonchev–Trinajstić information content (AvgIpc) is 2.14. The largest absolute Gasteiger partial charge is 0.355 e. The molecule has 0 aliphatic rings. The van der Waals surface area contributed by atoms with Crippen LogP contribution in [0.1, 0.15) is 34.6 Å². The summed E-state index contributed by atoms with van der Waals surface area (Å²) in [6.07, 6.45) is 0. The molecule has 0 bridgehead atoms. The van der Waals surface area contributed by atoms with Gasteiger partial charge in [-0.25, -0.2) is 13.1 Å². The summed E-state index contributed by atoms with van der Waals surface area (Å²) in [4.78, 5) is 11.9. The Morgan fingerprint density at radius 1 is 1.22 bits per heavy atom. The second-order valence-electron chi connectivity index (χ2n) is 5.42. The van der Waals surface area contributed by atoms with Crippen LogP contribution in [0.5, 0.6) is 0 Å². The van der Waals surface area contributed by atoms with Crippen LogP contribution in [0.15, 0.2) is 0 Å². The van der Waals surface area contributed by atoms with E-state index in [-0.39, 0.29) is 18.2 Å². The topological polar surface area (TPSA) is 101 Å². The third-order valence-electron chi connectivity index (χ3n) is 3.20. The Labute approximate surface area is 110 Å². The van der Waals surface area contributed by atoms with Crippen LogP contribution in [0.4, 0.5) is 0 Å². The molecule has 0 aromatic rings. The highest BCUT2D eigenvalue weighted by molar-refractivity contribution is 7.89. The predicted octanol–water partition coefficient (Wildman–Crippen LogP) is -0.195. The first kappa shape index (κ1) is 17.3. The van der Waals surface area contributed by atoms with Crippen molar-refractivity contribution in [1.29, 1.82) is 0 Å². The molecule has 4 N–H and O–H groups in total. The molecule has 6 nitrogen and oxygen atoms in total. The highest BCUT2D eigenvalue weighted by Crippen LogP contribution is 2.28. The van der Waals surface area contributed by atoms with Crippen LogP contribution in [-0.2, 0) is 14.8 Å². The molecule has 7 heteroatoms. The average molecular weight is 279 g/mol. The van der Waals surface area contributed by atoms with Crippen molar-refractivity contribution in [2.45, 2.75) is 40.2 Å². The van der Waals surface area contributed by atoms with E-state index in [0.717, 1.165) is 0 Å². The minimum absolute atomic E-state index is 0.0771. The smallest absolute Gasteiger partial charge is 0.227 e. The van der Waals surface area contributed by atoms with Crippen LogP contribution in [0.2, 0.25) is 0 Å². The normalized spacial score (nSPS) is 13.4. The van der Waals surface area contributed by atoms with Gasteiger partial charge in [0.2, 0.25) is 15.9 Å². The zero-order chi connectivity index (χ0) is 14.6. The van der Waals surface area contributed by atoms with E-state index in [1.807, 2.05) is 0 Å². The highest BCUT2D eigenvalue weighted by Gasteiger charge is 2.40. The highest BCUT2D eigenvalue weighted by atomic mass is 32.2. The van der Waals surface area contributed by atoms with Gasteiger partial charge in [-0.15, -0.1) is 0 Å². The Kier molecular flexibility index (Phi) is 5.77. The zero-order valence-corrected chi connectivity index (χ0v) is 12.6. The van der Waals surface area contributed by atoms with E-state index in [1.54, 1.807) is 34.6 Å². The Morgan fingerprint density at radius 3 is 2.11 bits per heavy atom. The molecule has 0 radical (unpaired) electrons. The van der Waals surface area contributed by atoms with Crippen molar-refractivity contribution in [3.63, 3.8) is 0 Å². The molecule has 0 saturated heterocycles. The van der Waals surface area contributed by atoms with Gasteiger partial charge in [0.25, 0.3) is 0 Å². The zero-order valence-electron chi connectivity index (χ0n) is 11.8. The summed E-state index contributed by atoms with van der Waals surface area (Å²) in [7, 11) is -3.30. The van der Waals surface area contributed by atoms with Gasteiger partial charge in [-0.05, 0) is 27.7 Å². The molecular formula is C11H25N3O3S. The minimum Gasteiger partial charge on any atom is -0.355 e. The van der Waals surface area contributed by atoms with Gasteiger partial charge in [0, 0.05) is 18.6 Å². The first-order chi connectivity index (χ1) is 7.94. The first-order valence-corrected chi connectivity index (χ1v) is 7.64. The van der Waals surface area contributed by atoms with Crippen molar-refractivity contribution in [2.24, 2.45) is 11.1 Å². The summed E-state index contributed by atoms with van der Waals surface area (Å²) in [6, 6.07) is 0. The number of rotatable bonds is 7. The number of sulfonamides is 1. The quantitative estimate of drug-likeness (QED) is 0.601. The van der Waals surface area contributed by atoms with Crippen LogP contribution < -0.4 is 15.8 Å². The van der Waals surface area contributed by atoms with Crippen LogP contribution in [0, 0.1) is 5.41 Å². The molecule has 0 spiro atoms. The maximum absolute atomic E-state index is 11.9. The third-order valence-corrected chi connectivity index (χ3v) is 4.67. The van der Waals surface area contributed by atoms with Gasteiger partial charge in [0.05, 0.1) is 11.2 Å². The van der Waals surface area contributed by atoms with Crippen molar-refractivity contribution in [1.82, 2.24) is 10.0 Å². The lowest BCUT2D eigenvalue weighted by Gasteiger charge is -2.36. The van der Waals surface area contributed by atoms with Gasteiger partial charge < -0.3 is 11.1 Å². The summed E-state index contributed by atoms with van der Waals surface area (Å²) in [5.41, 5.74) is 4.48. The van der Waals surface area contributed by atoms with Crippen molar-refractivity contribution in [2.75, 3.05) is 18.8 Å². The van der Waals surface area contributed by atoms with Crippen LogP contribution in [0.25, 0.3) is 0 Å². The first-order valence-electron chi connectivity index (χ1n) is 5.98. The number of nitrogens with one attached hydrogen (secondary N) is 2. The van der Waals surface area contributed by atoms with Crippen LogP contribution in [-0.4, -0.2) is 38.7 Å². The second kappa shape index (κ2) is 5.99. The molecule has 1 amide bonds. The monoisotopic (exact) mass is 279 g/mol. The molecule has 0 aliphatic carbocycles. The standard InChI is InChI=1S/C11H25N3O3S/c1-6-14-18(16,17)8-7-13-9(15)10(2,3)11(4,5)12/h14H,6-8,12H2,1-5H3,(H,13,15). The lowest BCUT2D eigenvalue weighted by atomic mass is 9.74. The van der Waals surface area contributed by atoms with Crippen LogP contribution in [0.3, 0.4) is 0 Å². The van der Waals surface area contributed by atoms with E-state index in [2.05, 4.69) is 10.0 Å². The number of hydrogen-bond acceptors (Lipinski definition) is 4. The van der Waals surface area contributed by atoms with E-state index in [9.17, 15) is 13.2 Å². The van der Waals surface area contributed by atoms with Gasteiger partial charge in [0.15, 0.2) is 0 Å². The fraction of sp³-hybridized carbons (Fsp3) is 0.909. The second-order valence-corrected chi connectivity index (χ2v) is 7.35. The minimum atomic E-state index is -3.30.